The lowest BCUT2D eigenvalue weighted by atomic mass is 10.2. The zero-order valence-corrected chi connectivity index (χ0v) is 13.7. The van der Waals surface area contributed by atoms with Crippen molar-refractivity contribution in [2.45, 2.75) is 66.2 Å². The van der Waals surface area contributed by atoms with Crippen molar-refractivity contribution in [1.82, 2.24) is 9.97 Å². The molecule has 0 unspecified atom stereocenters. The molecule has 4 nitrogen and oxygen atoms in total. The van der Waals surface area contributed by atoms with E-state index < -0.39 is 0 Å². The SMILES string of the molecule is CCCCCNc1nc(C(C)C)nc(NCCC)c1C. The number of nitrogens with one attached hydrogen (secondary N) is 2. The van der Waals surface area contributed by atoms with Crippen LogP contribution in [0.2, 0.25) is 0 Å². The van der Waals surface area contributed by atoms with Gasteiger partial charge >= 0.3 is 0 Å². The Balaban J connectivity index is 2.86. The molecule has 0 spiro atoms. The summed E-state index contributed by atoms with van der Waals surface area (Å²) in [4.78, 5) is 9.33. The maximum atomic E-state index is 4.68. The monoisotopic (exact) mass is 278 g/mol. The van der Waals surface area contributed by atoms with Gasteiger partial charge in [0.05, 0.1) is 0 Å². The van der Waals surface area contributed by atoms with E-state index in [1.54, 1.807) is 0 Å². The van der Waals surface area contributed by atoms with E-state index >= 15 is 0 Å². The molecule has 0 saturated carbocycles. The minimum absolute atomic E-state index is 0.342. The Labute approximate surface area is 123 Å². The fraction of sp³-hybridized carbons (Fsp3) is 0.750. The molecule has 0 aliphatic carbocycles. The van der Waals surface area contributed by atoms with Crippen LogP contribution in [0.5, 0.6) is 0 Å². The van der Waals surface area contributed by atoms with E-state index in [2.05, 4.69) is 55.2 Å². The normalized spacial score (nSPS) is 10.9. The van der Waals surface area contributed by atoms with Gasteiger partial charge in [-0.15, -0.1) is 0 Å². The second-order valence-corrected chi connectivity index (χ2v) is 5.62. The highest BCUT2D eigenvalue weighted by Gasteiger charge is 2.12. The molecule has 0 aliphatic rings. The molecule has 4 heteroatoms. The van der Waals surface area contributed by atoms with Crippen molar-refractivity contribution in [2.24, 2.45) is 0 Å². The van der Waals surface area contributed by atoms with Crippen LogP contribution in [0.4, 0.5) is 11.6 Å². The lowest BCUT2D eigenvalue weighted by Crippen LogP contribution is -2.13. The van der Waals surface area contributed by atoms with Crippen LogP contribution in [0, 0.1) is 6.92 Å². The average molecular weight is 278 g/mol. The summed E-state index contributed by atoms with van der Waals surface area (Å²) in [5.74, 6) is 3.21. The Hall–Kier alpha value is -1.32. The Kier molecular flexibility index (Phi) is 7.34. The van der Waals surface area contributed by atoms with Crippen molar-refractivity contribution < 1.29 is 0 Å². The van der Waals surface area contributed by atoms with Crippen molar-refractivity contribution in [3.63, 3.8) is 0 Å². The van der Waals surface area contributed by atoms with Crippen LogP contribution in [-0.4, -0.2) is 23.1 Å². The van der Waals surface area contributed by atoms with E-state index in [9.17, 15) is 0 Å². The molecule has 1 aromatic rings. The molecule has 1 rings (SSSR count). The Morgan fingerprint density at radius 1 is 0.900 bits per heavy atom. The molecule has 0 radical (unpaired) electrons. The van der Waals surface area contributed by atoms with Gasteiger partial charge in [-0.2, -0.15) is 0 Å². The van der Waals surface area contributed by atoms with Crippen molar-refractivity contribution >= 4 is 11.6 Å². The first-order valence-electron chi connectivity index (χ1n) is 7.96. The summed E-state index contributed by atoms with van der Waals surface area (Å²) < 4.78 is 0. The minimum Gasteiger partial charge on any atom is -0.370 e. The predicted molar refractivity (Wildman–Crippen MR) is 87.7 cm³/mol. The minimum atomic E-state index is 0.342. The van der Waals surface area contributed by atoms with Crippen LogP contribution in [0.25, 0.3) is 0 Å². The molecule has 1 aromatic heterocycles. The van der Waals surface area contributed by atoms with Crippen molar-refractivity contribution in [2.75, 3.05) is 23.7 Å². The van der Waals surface area contributed by atoms with Crippen LogP contribution in [0.15, 0.2) is 0 Å². The van der Waals surface area contributed by atoms with Crippen LogP contribution in [-0.2, 0) is 0 Å². The summed E-state index contributed by atoms with van der Waals surface area (Å²) in [6.45, 7) is 12.7. The van der Waals surface area contributed by atoms with Gasteiger partial charge in [0.15, 0.2) is 0 Å². The summed E-state index contributed by atoms with van der Waals surface area (Å²) in [5.41, 5.74) is 1.12. The van der Waals surface area contributed by atoms with Gasteiger partial charge in [-0.05, 0) is 19.8 Å². The van der Waals surface area contributed by atoms with E-state index in [4.69, 9.17) is 0 Å². The van der Waals surface area contributed by atoms with Crippen LogP contribution < -0.4 is 10.6 Å². The number of nitrogens with zero attached hydrogens (tertiary/aromatic N) is 2. The van der Waals surface area contributed by atoms with Gasteiger partial charge in [-0.25, -0.2) is 9.97 Å². The third kappa shape index (κ3) is 4.99. The molecule has 0 amide bonds. The molecule has 114 valence electrons. The molecular weight excluding hydrogens is 248 g/mol. The van der Waals surface area contributed by atoms with Crippen LogP contribution in [0.3, 0.4) is 0 Å². The predicted octanol–water partition coefficient (Wildman–Crippen LogP) is 4.33. The third-order valence-corrected chi connectivity index (χ3v) is 3.29. The lowest BCUT2D eigenvalue weighted by Gasteiger charge is -2.16. The second kappa shape index (κ2) is 8.77. The Morgan fingerprint density at radius 3 is 2.00 bits per heavy atom. The fourth-order valence-electron chi connectivity index (χ4n) is 1.96. The van der Waals surface area contributed by atoms with Crippen LogP contribution in [0.1, 0.15) is 70.7 Å². The van der Waals surface area contributed by atoms with E-state index in [1.807, 2.05) is 0 Å². The third-order valence-electron chi connectivity index (χ3n) is 3.29. The summed E-state index contributed by atoms with van der Waals surface area (Å²) in [7, 11) is 0. The zero-order chi connectivity index (χ0) is 15.0. The highest BCUT2D eigenvalue weighted by molar-refractivity contribution is 5.57. The molecule has 2 N–H and O–H groups in total. The fourth-order valence-corrected chi connectivity index (χ4v) is 1.96. The van der Waals surface area contributed by atoms with Crippen molar-refractivity contribution in [3.05, 3.63) is 11.4 Å². The largest absolute Gasteiger partial charge is 0.370 e. The second-order valence-electron chi connectivity index (χ2n) is 5.62. The quantitative estimate of drug-likeness (QED) is 0.660. The smallest absolute Gasteiger partial charge is 0.135 e. The number of unbranched alkanes of at least 4 members (excludes halogenated alkanes) is 2. The highest BCUT2D eigenvalue weighted by atomic mass is 15.1. The molecule has 0 aromatic carbocycles. The van der Waals surface area contributed by atoms with Crippen LogP contribution >= 0.6 is 0 Å². The maximum absolute atomic E-state index is 4.68. The van der Waals surface area contributed by atoms with Gasteiger partial charge in [-0.1, -0.05) is 40.5 Å². The van der Waals surface area contributed by atoms with Gasteiger partial charge in [0.1, 0.15) is 17.5 Å². The van der Waals surface area contributed by atoms with Gasteiger partial charge in [0, 0.05) is 24.6 Å². The standard InChI is InChI=1S/C16H30N4/c1-6-8-9-11-18-16-13(5)15(17-10-7-2)19-14(20-16)12(3)4/h12H,6-11H2,1-5H3,(H2,17,18,19,20). The summed E-state index contributed by atoms with van der Waals surface area (Å²) in [5, 5.41) is 6.88. The lowest BCUT2D eigenvalue weighted by molar-refractivity contribution is 0.736. The molecule has 20 heavy (non-hydrogen) atoms. The topological polar surface area (TPSA) is 49.8 Å². The summed E-state index contributed by atoms with van der Waals surface area (Å²) in [6, 6.07) is 0. The molecule has 0 bridgehead atoms. The Morgan fingerprint density at radius 2 is 1.50 bits per heavy atom. The molecular formula is C16H30N4. The summed E-state index contributed by atoms with van der Waals surface area (Å²) in [6.07, 6.45) is 4.79. The van der Waals surface area contributed by atoms with Gasteiger partial charge in [0.25, 0.3) is 0 Å². The number of anilines is 2. The molecule has 0 fully saturated rings. The van der Waals surface area contributed by atoms with E-state index in [0.29, 0.717) is 5.92 Å². The number of hydrogen-bond donors (Lipinski definition) is 2. The molecule has 0 atom stereocenters. The van der Waals surface area contributed by atoms with Gasteiger partial charge in [-0.3, -0.25) is 0 Å². The zero-order valence-electron chi connectivity index (χ0n) is 13.7. The first-order valence-corrected chi connectivity index (χ1v) is 7.96. The van der Waals surface area contributed by atoms with E-state index in [-0.39, 0.29) is 0 Å². The summed E-state index contributed by atoms with van der Waals surface area (Å²) >= 11 is 0. The first kappa shape index (κ1) is 16.7. The maximum Gasteiger partial charge on any atom is 0.135 e. The van der Waals surface area contributed by atoms with E-state index in [0.717, 1.165) is 42.5 Å². The van der Waals surface area contributed by atoms with Crippen molar-refractivity contribution in [3.8, 4) is 0 Å². The molecule has 1 heterocycles. The highest BCUT2D eigenvalue weighted by Crippen LogP contribution is 2.23. The average Bonchev–Trinajstić information content (AvgIpc) is 2.43. The number of rotatable bonds is 9. The van der Waals surface area contributed by atoms with Crippen molar-refractivity contribution in [1.29, 1.82) is 0 Å². The first-order chi connectivity index (χ1) is 9.60. The Bertz CT molecular complexity index is 402. The molecule has 0 saturated heterocycles. The molecule has 0 aliphatic heterocycles. The number of hydrogen-bond acceptors (Lipinski definition) is 4. The van der Waals surface area contributed by atoms with Gasteiger partial charge in [0.2, 0.25) is 0 Å². The van der Waals surface area contributed by atoms with E-state index in [1.165, 1.54) is 19.3 Å². The number of aromatic nitrogens is 2. The van der Waals surface area contributed by atoms with Gasteiger partial charge < -0.3 is 10.6 Å².